The van der Waals surface area contributed by atoms with E-state index in [4.69, 9.17) is 10.5 Å². The van der Waals surface area contributed by atoms with E-state index in [2.05, 4.69) is 9.72 Å². The van der Waals surface area contributed by atoms with Gasteiger partial charge >= 0.3 is 12.1 Å². The number of nitrogens with zero attached hydrogens (tertiary/aromatic N) is 2. The number of β-lactam (4-membered cyclic amide) rings is 1. The Morgan fingerprint density at radius 1 is 1.46 bits per heavy atom. The average molecular weight is 379 g/mol. The molecular formula is C16H17N3O6S. The van der Waals surface area contributed by atoms with Gasteiger partial charge in [-0.15, -0.1) is 0 Å². The first kappa shape index (κ1) is 18.1. The molecule has 0 aliphatic carbocycles. The van der Waals surface area contributed by atoms with Crippen molar-refractivity contribution in [3.8, 4) is 0 Å². The maximum atomic E-state index is 12.5. The van der Waals surface area contributed by atoms with E-state index in [1.165, 1.54) is 30.0 Å². The lowest BCUT2D eigenvalue weighted by atomic mass is 9.83. The maximum Gasteiger partial charge on any atom is 0.508 e. The number of nitrogens with two attached hydrogens (primary N) is 1. The van der Waals surface area contributed by atoms with Crippen molar-refractivity contribution in [1.82, 2.24) is 9.88 Å². The zero-order chi connectivity index (χ0) is 19.0. The number of pyridine rings is 1. The number of hydrogen-bond donors (Lipinski definition) is 2. The normalized spacial score (nSPS) is 22.5. The molecule has 1 aromatic rings. The molecule has 10 heteroatoms. The highest BCUT2D eigenvalue weighted by Gasteiger charge is 2.58. The summed E-state index contributed by atoms with van der Waals surface area (Å²) >= 11 is 1.18. The molecule has 26 heavy (non-hydrogen) atoms. The van der Waals surface area contributed by atoms with Crippen LogP contribution in [0.2, 0.25) is 0 Å². The van der Waals surface area contributed by atoms with Crippen molar-refractivity contribution in [3.63, 3.8) is 0 Å². The van der Waals surface area contributed by atoms with E-state index in [9.17, 15) is 19.5 Å². The number of carboxylic acid groups (broad SMARTS) is 1. The fourth-order valence-corrected chi connectivity index (χ4v) is 4.19. The number of anilines is 1. The van der Waals surface area contributed by atoms with Crippen molar-refractivity contribution >= 4 is 35.5 Å². The third kappa shape index (κ3) is 3.07. The quantitative estimate of drug-likeness (QED) is 0.576. The first-order valence-corrected chi connectivity index (χ1v) is 8.58. The smallest absolute Gasteiger partial charge is 0.477 e. The van der Waals surface area contributed by atoms with Gasteiger partial charge in [-0.25, -0.2) is 14.6 Å². The highest BCUT2D eigenvalue weighted by molar-refractivity contribution is 8.03. The summed E-state index contributed by atoms with van der Waals surface area (Å²) in [7, 11) is 1.18. The zero-order valence-corrected chi connectivity index (χ0v) is 14.9. The fraction of sp³-hybridized carbons (Fsp3) is 0.375. The monoisotopic (exact) mass is 379 g/mol. The number of aliphatic carboxylic acids is 1. The second kappa shape index (κ2) is 6.87. The number of carbonyl (C=O) groups is 3. The summed E-state index contributed by atoms with van der Waals surface area (Å²) in [4.78, 5) is 41.4. The first-order chi connectivity index (χ1) is 12.3. The van der Waals surface area contributed by atoms with Crippen molar-refractivity contribution in [2.45, 2.75) is 30.5 Å². The summed E-state index contributed by atoms with van der Waals surface area (Å²) in [5.41, 5.74) is 6.05. The summed E-state index contributed by atoms with van der Waals surface area (Å²) in [6.45, 7) is 1.59. The van der Waals surface area contributed by atoms with Crippen LogP contribution in [0.25, 0.3) is 0 Å². The number of carboxylic acids is 1. The number of fused-ring (bicyclic) bond motifs is 1. The molecule has 0 saturated carbocycles. The third-order valence-electron chi connectivity index (χ3n) is 4.31. The molecule has 0 bridgehead atoms. The van der Waals surface area contributed by atoms with Gasteiger partial charge in [-0.3, -0.25) is 4.79 Å². The van der Waals surface area contributed by atoms with E-state index >= 15 is 0 Å². The molecule has 138 valence electrons. The molecule has 0 aromatic carbocycles. The van der Waals surface area contributed by atoms with Gasteiger partial charge in [0.1, 0.15) is 16.8 Å². The van der Waals surface area contributed by atoms with Crippen LogP contribution < -0.4 is 5.73 Å². The molecule has 1 saturated heterocycles. The number of hydrogen-bond acceptors (Lipinski definition) is 8. The standard InChI is InChI=1S/C16H17N3O6S/c1-7(25-16(23)24-2)12-9-5-10(13(15(21)22)19(9)14(12)20)26-11-4-3-8(17)6-18-11/h3-4,6-7,9,12H,5,17H2,1-2H3,(H,21,22). The minimum Gasteiger partial charge on any atom is -0.477 e. The Morgan fingerprint density at radius 2 is 2.19 bits per heavy atom. The lowest BCUT2D eigenvalue weighted by Gasteiger charge is -2.45. The molecule has 1 aromatic heterocycles. The van der Waals surface area contributed by atoms with Crippen LogP contribution in [0.5, 0.6) is 0 Å². The van der Waals surface area contributed by atoms with Crippen molar-refractivity contribution in [2.24, 2.45) is 5.92 Å². The number of thioether (sulfide) groups is 1. The Balaban J connectivity index is 1.80. The van der Waals surface area contributed by atoms with E-state index in [1.54, 1.807) is 19.1 Å². The van der Waals surface area contributed by atoms with E-state index in [1.807, 2.05) is 0 Å². The van der Waals surface area contributed by atoms with Crippen LogP contribution >= 0.6 is 11.8 Å². The van der Waals surface area contributed by atoms with Crippen LogP contribution in [0.1, 0.15) is 13.3 Å². The lowest BCUT2D eigenvalue weighted by molar-refractivity contribution is -0.161. The fourth-order valence-electron chi connectivity index (χ4n) is 3.16. The first-order valence-electron chi connectivity index (χ1n) is 7.77. The number of rotatable bonds is 5. The van der Waals surface area contributed by atoms with Crippen molar-refractivity contribution < 1.29 is 29.0 Å². The molecular weight excluding hydrogens is 362 g/mol. The van der Waals surface area contributed by atoms with Crippen LogP contribution in [0, 0.1) is 5.92 Å². The van der Waals surface area contributed by atoms with E-state index < -0.39 is 24.1 Å². The summed E-state index contributed by atoms with van der Waals surface area (Å²) < 4.78 is 9.48. The molecule has 1 amide bonds. The largest absolute Gasteiger partial charge is 0.508 e. The number of amides is 1. The molecule has 3 atom stereocenters. The summed E-state index contributed by atoms with van der Waals surface area (Å²) in [5, 5.41) is 10.1. The van der Waals surface area contributed by atoms with Gasteiger partial charge in [-0.05, 0) is 19.1 Å². The Kier molecular flexibility index (Phi) is 4.77. The van der Waals surface area contributed by atoms with E-state index in [-0.39, 0.29) is 17.6 Å². The van der Waals surface area contributed by atoms with Gasteiger partial charge in [0.25, 0.3) is 0 Å². The third-order valence-corrected chi connectivity index (χ3v) is 5.37. The molecule has 2 aliphatic rings. The van der Waals surface area contributed by atoms with Gasteiger partial charge in [0, 0.05) is 11.3 Å². The zero-order valence-electron chi connectivity index (χ0n) is 14.0. The number of aromatic nitrogens is 1. The SMILES string of the molecule is COC(=O)OC(C)C1C(=O)N2C(C(=O)O)=C(Sc3ccc(N)cn3)CC12. The summed E-state index contributed by atoms with van der Waals surface area (Å²) in [6, 6.07) is 2.98. The van der Waals surface area contributed by atoms with Gasteiger partial charge < -0.3 is 25.2 Å². The van der Waals surface area contributed by atoms with Crippen molar-refractivity contribution in [3.05, 3.63) is 28.9 Å². The lowest BCUT2D eigenvalue weighted by Crippen LogP contribution is -2.62. The Hall–Kier alpha value is -2.75. The van der Waals surface area contributed by atoms with Crippen LogP contribution in [-0.4, -0.2) is 52.3 Å². The molecule has 3 rings (SSSR count). The Morgan fingerprint density at radius 3 is 2.77 bits per heavy atom. The Bertz CT molecular complexity index is 794. The molecule has 3 unspecified atom stereocenters. The average Bonchev–Trinajstić information content (AvgIpc) is 2.91. The Labute approximate surface area is 153 Å². The number of carbonyl (C=O) groups excluding carboxylic acids is 2. The molecule has 2 aliphatic heterocycles. The van der Waals surface area contributed by atoms with Crippen LogP contribution in [0.15, 0.2) is 34.0 Å². The second-order valence-corrected chi connectivity index (χ2v) is 7.01. The van der Waals surface area contributed by atoms with Gasteiger partial charge in [-0.2, -0.15) is 0 Å². The van der Waals surface area contributed by atoms with Crippen molar-refractivity contribution in [1.29, 1.82) is 0 Å². The molecule has 9 nitrogen and oxygen atoms in total. The summed E-state index contributed by atoms with van der Waals surface area (Å²) in [6.07, 6.45) is 0.232. The highest BCUT2D eigenvalue weighted by atomic mass is 32.2. The molecule has 3 heterocycles. The van der Waals surface area contributed by atoms with Gasteiger partial charge in [0.15, 0.2) is 0 Å². The molecule has 0 radical (unpaired) electrons. The second-order valence-electron chi connectivity index (χ2n) is 5.89. The minimum absolute atomic E-state index is 0.0508. The number of ether oxygens (including phenoxy) is 2. The van der Waals surface area contributed by atoms with Gasteiger partial charge in [0.05, 0.1) is 31.0 Å². The molecule has 0 spiro atoms. The summed E-state index contributed by atoms with van der Waals surface area (Å²) in [5.74, 6) is -2.18. The highest BCUT2D eigenvalue weighted by Crippen LogP contribution is 2.48. The predicted molar refractivity (Wildman–Crippen MR) is 90.9 cm³/mol. The molecule has 3 N–H and O–H groups in total. The van der Waals surface area contributed by atoms with Crippen LogP contribution in [0.3, 0.4) is 0 Å². The number of methoxy groups -OCH3 is 1. The molecule has 1 fully saturated rings. The minimum atomic E-state index is -1.18. The van der Waals surface area contributed by atoms with E-state index in [0.29, 0.717) is 22.0 Å². The maximum absolute atomic E-state index is 12.5. The van der Waals surface area contributed by atoms with Crippen molar-refractivity contribution in [2.75, 3.05) is 12.8 Å². The predicted octanol–water partition coefficient (Wildman–Crippen LogP) is 1.45. The van der Waals surface area contributed by atoms with Gasteiger partial charge in [0.2, 0.25) is 5.91 Å². The van der Waals surface area contributed by atoms with E-state index in [0.717, 1.165) is 0 Å². The van der Waals surface area contributed by atoms with Crippen LogP contribution in [0.4, 0.5) is 10.5 Å². The topological polar surface area (TPSA) is 132 Å². The number of nitrogen functional groups attached to an aromatic ring is 1. The van der Waals surface area contributed by atoms with Gasteiger partial charge in [-0.1, -0.05) is 11.8 Å². The van der Waals surface area contributed by atoms with Crippen LogP contribution in [-0.2, 0) is 19.1 Å².